The van der Waals surface area contributed by atoms with Crippen LogP contribution in [-0.4, -0.2) is 39.8 Å². The molecule has 0 aliphatic carbocycles. The summed E-state index contributed by atoms with van der Waals surface area (Å²) in [5.41, 5.74) is 2.17. The van der Waals surface area contributed by atoms with Gasteiger partial charge in [0.1, 0.15) is 5.65 Å². The Kier molecular flexibility index (Phi) is 3.97. The van der Waals surface area contributed by atoms with Gasteiger partial charge in [-0.25, -0.2) is 4.98 Å². The molecule has 0 radical (unpaired) electrons. The van der Waals surface area contributed by atoms with Crippen molar-refractivity contribution in [2.75, 3.05) is 19.6 Å². The molecule has 6 heteroatoms. The van der Waals surface area contributed by atoms with Gasteiger partial charge in [-0.1, -0.05) is 36.4 Å². The summed E-state index contributed by atoms with van der Waals surface area (Å²) >= 11 is 0. The fourth-order valence-corrected chi connectivity index (χ4v) is 3.34. The molecule has 1 unspecified atom stereocenters. The molecule has 1 N–H and O–H groups in total. The van der Waals surface area contributed by atoms with Crippen LogP contribution < -0.4 is 5.32 Å². The smallest absolute Gasteiger partial charge is 0.277 e. The van der Waals surface area contributed by atoms with Crippen molar-refractivity contribution in [3.05, 3.63) is 71.4 Å². The van der Waals surface area contributed by atoms with Crippen LogP contribution in [0.25, 0.3) is 5.65 Å². The second kappa shape index (κ2) is 6.29. The molecule has 0 spiro atoms. The third-order valence-corrected chi connectivity index (χ3v) is 4.65. The maximum Gasteiger partial charge on any atom is 0.277 e. The number of amides is 1. The number of benzene rings is 1. The Morgan fingerprint density at radius 2 is 2.00 bits per heavy atom. The first kappa shape index (κ1) is 15.8. The monoisotopic (exact) mass is 338 g/mol. The highest BCUT2D eigenvalue weighted by Gasteiger charge is 2.29. The number of hydrogen-bond acceptors (Lipinski definition) is 3. The Morgan fingerprint density at radius 1 is 1.20 bits per heavy atom. The van der Waals surface area contributed by atoms with E-state index in [1.807, 2.05) is 36.4 Å². The van der Waals surface area contributed by atoms with Crippen molar-refractivity contribution in [2.45, 2.75) is 13.0 Å². The quantitative estimate of drug-likeness (QED) is 0.781. The second-order valence-electron chi connectivity index (χ2n) is 6.28. The van der Waals surface area contributed by atoms with Crippen LogP contribution in [0.5, 0.6) is 0 Å². The molecule has 1 aromatic carbocycles. The van der Waals surface area contributed by atoms with E-state index in [4.69, 9.17) is 0 Å². The lowest BCUT2D eigenvalue weighted by atomic mass is 10.0. The normalized spacial score (nSPS) is 17.8. The molecule has 1 aliphatic rings. The first-order valence-corrected chi connectivity index (χ1v) is 8.36. The minimum absolute atomic E-state index is 0.0423. The van der Waals surface area contributed by atoms with E-state index in [1.54, 1.807) is 24.0 Å². The zero-order chi connectivity index (χ0) is 17.4. The molecule has 0 bridgehead atoms. The van der Waals surface area contributed by atoms with Crippen molar-refractivity contribution in [2.24, 2.45) is 0 Å². The van der Waals surface area contributed by atoms with E-state index in [2.05, 4.69) is 10.3 Å². The van der Waals surface area contributed by atoms with E-state index in [1.165, 1.54) is 4.40 Å². The summed E-state index contributed by atoms with van der Waals surface area (Å²) in [5.74, 6) is -0.948. The average Bonchev–Trinajstić information content (AvgIpc) is 3.00. The number of hydrogen-bond donors (Lipinski definition) is 1. The largest absolute Gasteiger partial charge is 0.334 e. The van der Waals surface area contributed by atoms with Gasteiger partial charge in [0.2, 0.25) is 5.95 Å². The Hall–Kier alpha value is -2.73. The van der Waals surface area contributed by atoms with Crippen LogP contribution in [-0.2, 0) is 0 Å². The lowest BCUT2D eigenvalue weighted by Crippen LogP contribution is -2.48. The van der Waals surface area contributed by atoms with E-state index < -0.39 is 5.95 Å². The van der Waals surface area contributed by atoms with Gasteiger partial charge in [-0.3, -0.25) is 9.20 Å². The van der Waals surface area contributed by atoms with Crippen molar-refractivity contribution in [3.63, 3.8) is 0 Å². The highest BCUT2D eigenvalue weighted by molar-refractivity contribution is 5.93. The van der Waals surface area contributed by atoms with Gasteiger partial charge in [0.25, 0.3) is 5.91 Å². The number of aromatic nitrogens is 2. The predicted octanol–water partition coefficient (Wildman–Crippen LogP) is 2.57. The summed E-state index contributed by atoms with van der Waals surface area (Å²) in [7, 11) is 0. The van der Waals surface area contributed by atoms with Crippen molar-refractivity contribution in [1.82, 2.24) is 19.6 Å². The molecule has 3 heterocycles. The molecule has 1 fully saturated rings. The van der Waals surface area contributed by atoms with Crippen LogP contribution in [0.3, 0.4) is 0 Å². The van der Waals surface area contributed by atoms with Gasteiger partial charge in [0.05, 0.1) is 0 Å². The zero-order valence-corrected chi connectivity index (χ0v) is 13.9. The number of imidazole rings is 1. The Morgan fingerprint density at radius 3 is 2.76 bits per heavy atom. The number of carbonyl (C=O) groups is 1. The Labute approximate surface area is 145 Å². The van der Waals surface area contributed by atoms with E-state index in [0.717, 1.165) is 5.56 Å². The number of piperazine rings is 1. The fraction of sp³-hybridized carbons (Fsp3) is 0.263. The topological polar surface area (TPSA) is 49.6 Å². The molecule has 25 heavy (non-hydrogen) atoms. The van der Waals surface area contributed by atoms with E-state index in [9.17, 15) is 9.18 Å². The van der Waals surface area contributed by atoms with Crippen molar-refractivity contribution in [1.29, 1.82) is 0 Å². The van der Waals surface area contributed by atoms with Crippen LogP contribution in [0, 0.1) is 12.9 Å². The SMILES string of the molecule is Cc1cccc2nc(C(=O)N3CCNC(c4ccccc4)C3)c(F)n12. The van der Waals surface area contributed by atoms with E-state index in [-0.39, 0.29) is 17.6 Å². The van der Waals surface area contributed by atoms with Gasteiger partial charge >= 0.3 is 0 Å². The van der Waals surface area contributed by atoms with Gasteiger partial charge in [-0.15, -0.1) is 0 Å². The van der Waals surface area contributed by atoms with E-state index in [0.29, 0.717) is 31.0 Å². The molecular formula is C19H19FN4O. The number of nitrogens with zero attached hydrogens (tertiary/aromatic N) is 3. The zero-order valence-electron chi connectivity index (χ0n) is 13.9. The number of rotatable bonds is 2. The summed E-state index contributed by atoms with van der Waals surface area (Å²) in [4.78, 5) is 18.8. The summed E-state index contributed by atoms with van der Waals surface area (Å²) in [6.07, 6.45) is 0. The minimum atomic E-state index is -0.590. The van der Waals surface area contributed by atoms with Crippen LogP contribution in [0.4, 0.5) is 4.39 Å². The van der Waals surface area contributed by atoms with Crippen molar-refractivity contribution >= 4 is 11.6 Å². The molecule has 4 rings (SSSR count). The standard InChI is InChI=1S/C19H19FN4O/c1-13-6-5-9-16-22-17(18(20)24(13)16)19(25)23-11-10-21-15(12-23)14-7-3-2-4-8-14/h2-9,15,21H,10-12H2,1H3. The number of carbonyl (C=O) groups excluding carboxylic acids is 1. The van der Waals surface area contributed by atoms with Crippen LogP contribution in [0.15, 0.2) is 48.5 Å². The second-order valence-corrected chi connectivity index (χ2v) is 6.28. The third-order valence-electron chi connectivity index (χ3n) is 4.65. The van der Waals surface area contributed by atoms with Gasteiger partial charge in [0, 0.05) is 31.4 Å². The predicted molar refractivity (Wildman–Crippen MR) is 93.0 cm³/mol. The summed E-state index contributed by atoms with van der Waals surface area (Å²) in [5, 5.41) is 3.41. The van der Waals surface area contributed by atoms with Crippen LogP contribution in [0.1, 0.15) is 27.8 Å². The number of pyridine rings is 1. The highest BCUT2D eigenvalue weighted by atomic mass is 19.1. The summed E-state index contributed by atoms with van der Waals surface area (Å²) in [6.45, 7) is 3.49. The molecule has 5 nitrogen and oxygen atoms in total. The average molecular weight is 338 g/mol. The number of aryl methyl sites for hydroxylation is 1. The number of fused-ring (bicyclic) bond motifs is 1. The van der Waals surface area contributed by atoms with E-state index >= 15 is 0 Å². The van der Waals surface area contributed by atoms with Crippen LogP contribution >= 0.6 is 0 Å². The third kappa shape index (κ3) is 2.78. The molecule has 1 atom stereocenters. The Balaban J connectivity index is 1.63. The maximum absolute atomic E-state index is 14.8. The molecule has 1 amide bonds. The molecule has 0 saturated carbocycles. The van der Waals surface area contributed by atoms with Crippen molar-refractivity contribution in [3.8, 4) is 0 Å². The number of nitrogens with one attached hydrogen (secondary N) is 1. The lowest BCUT2D eigenvalue weighted by molar-refractivity contribution is 0.0692. The molecule has 1 aliphatic heterocycles. The maximum atomic E-state index is 14.8. The number of halogens is 1. The molecule has 2 aromatic heterocycles. The summed E-state index contributed by atoms with van der Waals surface area (Å²) < 4.78 is 16.1. The minimum Gasteiger partial charge on any atom is -0.334 e. The van der Waals surface area contributed by atoms with Gasteiger partial charge < -0.3 is 10.2 Å². The van der Waals surface area contributed by atoms with Gasteiger partial charge in [-0.2, -0.15) is 4.39 Å². The summed E-state index contributed by atoms with van der Waals surface area (Å²) in [6, 6.07) is 15.3. The first-order valence-electron chi connectivity index (χ1n) is 8.36. The molecule has 1 saturated heterocycles. The molecular weight excluding hydrogens is 319 g/mol. The van der Waals surface area contributed by atoms with Gasteiger partial charge in [-0.05, 0) is 24.6 Å². The molecule has 128 valence electrons. The van der Waals surface area contributed by atoms with Crippen LogP contribution in [0.2, 0.25) is 0 Å². The fourth-order valence-electron chi connectivity index (χ4n) is 3.34. The Bertz CT molecular complexity index is 922. The van der Waals surface area contributed by atoms with Gasteiger partial charge in [0.15, 0.2) is 5.69 Å². The van der Waals surface area contributed by atoms with Crippen molar-refractivity contribution < 1.29 is 9.18 Å². The lowest BCUT2D eigenvalue weighted by Gasteiger charge is -2.33. The first-order chi connectivity index (χ1) is 12.1. The highest BCUT2D eigenvalue weighted by Crippen LogP contribution is 2.20. The molecule has 3 aromatic rings.